The van der Waals surface area contributed by atoms with E-state index >= 15 is 0 Å². The summed E-state index contributed by atoms with van der Waals surface area (Å²) < 4.78 is 26.4. The van der Waals surface area contributed by atoms with Crippen LogP contribution < -0.4 is 4.72 Å². The van der Waals surface area contributed by atoms with Crippen molar-refractivity contribution >= 4 is 21.6 Å². The van der Waals surface area contributed by atoms with Crippen molar-refractivity contribution in [1.82, 2.24) is 4.72 Å². The van der Waals surface area contributed by atoms with Crippen LogP contribution in [0.25, 0.3) is 10.4 Å². The smallest absolute Gasteiger partial charge is 0.211 e. The monoisotopic (exact) mass is 313 g/mol. The van der Waals surface area contributed by atoms with Crippen LogP contribution in [0.1, 0.15) is 18.4 Å². The number of benzene rings is 1. The van der Waals surface area contributed by atoms with Crippen LogP contribution in [0, 0.1) is 11.3 Å². The number of nitrogens with zero attached hydrogens (tertiary/aromatic N) is 4. The molecule has 1 aromatic carbocycles. The molecule has 0 amide bonds. The van der Waals surface area contributed by atoms with E-state index in [0.29, 0.717) is 19.4 Å². The van der Waals surface area contributed by atoms with E-state index in [1.165, 1.54) is 18.2 Å². The van der Waals surface area contributed by atoms with E-state index in [4.69, 9.17) is 22.4 Å². The largest absolute Gasteiger partial charge is 0.242 e. The standard InChI is InChI=1S/C11H12ClN5O2S/c12-10-4-3-9(8-13)7-11(10)20(18,19)16-6-2-1-5-15-17-14/h3-4,7,16H,1-2,5-6H2. The highest BCUT2D eigenvalue weighted by Crippen LogP contribution is 2.22. The Morgan fingerprint density at radius 2 is 2.20 bits per heavy atom. The predicted octanol–water partition coefficient (Wildman–Crippen LogP) is 2.58. The van der Waals surface area contributed by atoms with Gasteiger partial charge in [-0.25, -0.2) is 13.1 Å². The zero-order chi connectivity index (χ0) is 15.0. The summed E-state index contributed by atoms with van der Waals surface area (Å²) in [5.74, 6) is 0. The molecule has 106 valence electrons. The van der Waals surface area contributed by atoms with E-state index in [1.54, 1.807) is 0 Å². The number of azide groups is 1. The maximum atomic E-state index is 12.0. The van der Waals surface area contributed by atoms with Gasteiger partial charge in [0.15, 0.2) is 0 Å². The predicted molar refractivity (Wildman–Crippen MR) is 74.6 cm³/mol. The molecule has 0 fully saturated rings. The molecule has 0 aliphatic heterocycles. The Morgan fingerprint density at radius 1 is 1.45 bits per heavy atom. The molecule has 0 aromatic heterocycles. The van der Waals surface area contributed by atoms with Gasteiger partial charge in [0.25, 0.3) is 0 Å². The Balaban J connectivity index is 2.69. The number of nitrogens with one attached hydrogen (secondary N) is 1. The normalized spacial score (nSPS) is 10.6. The van der Waals surface area contributed by atoms with E-state index < -0.39 is 10.0 Å². The summed E-state index contributed by atoms with van der Waals surface area (Å²) in [6, 6.07) is 5.90. The highest BCUT2D eigenvalue weighted by molar-refractivity contribution is 7.89. The fourth-order valence-electron chi connectivity index (χ4n) is 1.42. The lowest BCUT2D eigenvalue weighted by atomic mass is 10.2. The number of halogens is 1. The molecular weight excluding hydrogens is 302 g/mol. The molecule has 0 aliphatic carbocycles. The summed E-state index contributed by atoms with van der Waals surface area (Å²) in [5.41, 5.74) is 8.31. The van der Waals surface area contributed by atoms with Crippen molar-refractivity contribution in [2.45, 2.75) is 17.7 Å². The van der Waals surface area contributed by atoms with Crippen LogP contribution in [-0.4, -0.2) is 21.5 Å². The Morgan fingerprint density at radius 3 is 2.85 bits per heavy atom. The molecule has 0 radical (unpaired) electrons. The zero-order valence-corrected chi connectivity index (χ0v) is 12.0. The fourth-order valence-corrected chi connectivity index (χ4v) is 3.01. The fraction of sp³-hybridized carbons (Fsp3) is 0.364. The van der Waals surface area contributed by atoms with Crippen LogP contribution in [0.5, 0.6) is 0 Å². The van der Waals surface area contributed by atoms with Crippen molar-refractivity contribution in [2.24, 2.45) is 5.11 Å². The Hall–Kier alpha value is -1.78. The summed E-state index contributed by atoms with van der Waals surface area (Å²) in [4.78, 5) is 2.48. The maximum Gasteiger partial charge on any atom is 0.242 e. The SMILES string of the molecule is N#Cc1ccc(Cl)c(S(=O)(=O)NCCCCN=[N+]=[N-])c1. The molecule has 1 aromatic rings. The van der Waals surface area contributed by atoms with E-state index in [2.05, 4.69) is 14.7 Å². The lowest BCUT2D eigenvalue weighted by Crippen LogP contribution is -2.25. The molecule has 0 aliphatic rings. The van der Waals surface area contributed by atoms with Crippen molar-refractivity contribution in [3.63, 3.8) is 0 Å². The summed E-state index contributed by atoms with van der Waals surface area (Å²) >= 11 is 5.84. The van der Waals surface area contributed by atoms with Crippen LogP contribution in [0.3, 0.4) is 0 Å². The second kappa shape index (κ2) is 7.72. The molecule has 0 atom stereocenters. The second-order valence-corrected chi connectivity index (χ2v) is 5.96. The molecule has 7 nitrogen and oxygen atoms in total. The van der Waals surface area contributed by atoms with Crippen LogP contribution in [0.2, 0.25) is 5.02 Å². The zero-order valence-electron chi connectivity index (χ0n) is 10.5. The molecular formula is C11H12ClN5O2S. The van der Waals surface area contributed by atoms with Gasteiger partial charge in [-0.05, 0) is 36.6 Å². The van der Waals surface area contributed by atoms with Crippen molar-refractivity contribution in [3.8, 4) is 6.07 Å². The number of hydrogen-bond acceptors (Lipinski definition) is 4. The number of hydrogen-bond donors (Lipinski definition) is 1. The van der Waals surface area contributed by atoms with E-state index in [9.17, 15) is 8.42 Å². The molecule has 0 saturated carbocycles. The Labute approximate surface area is 121 Å². The number of rotatable bonds is 7. The molecule has 1 N–H and O–H groups in total. The Kier molecular flexibility index (Phi) is 6.28. The summed E-state index contributed by atoms with van der Waals surface area (Å²) in [5, 5.41) is 12.2. The minimum Gasteiger partial charge on any atom is -0.211 e. The van der Waals surface area contributed by atoms with Gasteiger partial charge in [-0.15, -0.1) is 0 Å². The van der Waals surface area contributed by atoms with Crippen LogP contribution >= 0.6 is 11.6 Å². The molecule has 9 heteroatoms. The average molecular weight is 314 g/mol. The van der Waals surface area contributed by atoms with Gasteiger partial charge in [-0.1, -0.05) is 16.7 Å². The third-order valence-corrected chi connectivity index (χ3v) is 4.33. The van der Waals surface area contributed by atoms with Crippen molar-refractivity contribution in [3.05, 3.63) is 39.2 Å². The maximum absolute atomic E-state index is 12.0. The van der Waals surface area contributed by atoms with Gasteiger partial charge in [0.2, 0.25) is 10.0 Å². The first-order valence-corrected chi connectivity index (χ1v) is 7.57. The van der Waals surface area contributed by atoms with Gasteiger partial charge < -0.3 is 0 Å². The van der Waals surface area contributed by atoms with E-state index in [0.717, 1.165) is 0 Å². The number of sulfonamides is 1. The highest BCUT2D eigenvalue weighted by Gasteiger charge is 2.17. The summed E-state index contributed by atoms with van der Waals surface area (Å²) in [6.07, 6.45) is 1.12. The van der Waals surface area contributed by atoms with Gasteiger partial charge >= 0.3 is 0 Å². The minimum atomic E-state index is -3.75. The molecule has 20 heavy (non-hydrogen) atoms. The molecule has 0 heterocycles. The lowest BCUT2D eigenvalue weighted by Gasteiger charge is -2.08. The molecule has 0 bridgehead atoms. The average Bonchev–Trinajstić information content (AvgIpc) is 2.43. The lowest BCUT2D eigenvalue weighted by molar-refractivity contribution is 0.577. The van der Waals surface area contributed by atoms with Gasteiger partial charge in [-0.3, -0.25) is 0 Å². The third kappa shape index (κ3) is 4.72. The molecule has 0 spiro atoms. The first-order chi connectivity index (χ1) is 9.51. The quantitative estimate of drug-likeness (QED) is 0.360. The summed E-state index contributed by atoms with van der Waals surface area (Å²) in [6.45, 7) is 0.527. The van der Waals surface area contributed by atoms with E-state index in [1.807, 2.05) is 6.07 Å². The minimum absolute atomic E-state index is 0.0607. The van der Waals surface area contributed by atoms with Crippen LogP contribution in [0.15, 0.2) is 28.2 Å². The first-order valence-electron chi connectivity index (χ1n) is 5.71. The molecule has 0 unspecified atom stereocenters. The molecule has 1 rings (SSSR count). The summed E-state index contributed by atoms with van der Waals surface area (Å²) in [7, 11) is -3.75. The first kappa shape index (κ1) is 16.3. The highest BCUT2D eigenvalue weighted by atomic mass is 35.5. The Bertz CT molecular complexity index is 662. The van der Waals surface area contributed by atoms with Crippen LogP contribution in [0.4, 0.5) is 0 Å². The van der Waals surface area contributed by atoms with Gasteiger partial charge in [0.05, 0.1) is 16.7 Å². The van der Waals surface area contributed by atoms with Gasteiger partial charge in [-0.2, -0.15) is 5.26 Å². The molecule has 0 saturated heterocycles. The van der Waals surface area contributed by atoms with Gasteiger partial charge in [0.1, 0.15) is 4.90 Å². The van der Waals surface area contributed by atoms with Gasteiger partial charge in [0, 0.05) is 18.0 Å². The van der Waals surface area contributed by atoms with Crippen molar-refractivity contribution in [1.29, 1.82) is 5.26 Å². The number of unbranched alkanes of at least 4 members (excludes halogenated alkanes) is 1. The van der Waals surface area contributed by atoms with Crippen molar-refractivity contribution < 1.29 is 8.42 Å². The van der Waals surface area contributed by atoms with Crippen LogP contribution in [-0.2, 0) is 10.0 Å². The second-order valence-electron chi connectivity index (χ2n) is 3.82. The van der Waals surface area contributed by atoms with Crippen molar-refractivity contribution in [2.75, 3.05) is 13.1 Å². The third-order valence-electron chi connectivity index (χ3n) is 2.39. The number of nitriles is 1. The topological polar surface area (TPSA) is 119 Å². The van der Waals surface area contributed by atoms with E-state index in [-0.39, 0.29) is 22.0 Å².